The zero-order valence-electron chi connectivity index (χ0n) is 15.7. The number of nitrogens with one attached hydrogen (secondary N) is 1. The molecule has 2 amide bonds. The van der Waals surface area contributed by atoms with Gasteiger partial charge in [-0.25, -0.2) is 4.98 Å². The number of carbonyl (C=O) groups is 2. The SMILES string of the molecule is CCOc1cc(C2CC(=O)N(CC(=O)Nc3nc(C)cs3)C2)ccc1OC. The topological polar surface area (TPSA) is 80.8 Å². The van der Waals surface area contributed by atoms with Gasteiger partial charge in [-0.2, -0.15) is 0 Å². The van der Waals surface area contributed by atoms with Crippen molar-refractivity contribution < 1.29 is 19.1 Å². The zero-order valence-corrected chi connectivity index (χ0v) is 16.5. The summed E-state index contributed by atoms with van der Waals surface area (Å²) in [5.74, 6) is 1.10. The first-order valence-electron chi connectivity index (χ1n) is 8.80. The van der Waals surface area contributed by atoms with Gasteiger partial charge in [0.1, 0.15) is 0 Å². The molecule has 1 aromatic heterocycles. The summed E-state index contributed by atoms with van der Waals surface area (Å²) >= 11 is 1.37. The highest BCUT2D eigenvalue weighted by atomic mass is 32.1. The van der Waals surface area contributed by atoms with Crippen LogP contribution in [0.1, 0.15) is 30.5 Å². The maximum atomic E-state index is 12.4. The van der Waals surface area contributed by atoms with Gasteiger partial charge in [0.2, 0.25) is 11.8 Å². The average molecular weight is 389 g/mol. The van der Waals surface area contributed by atoms with E-state index in [0.29, 0.717) is 36.2 Å². The van der Waals surface area contributed by atoms with E-state index in [-0.39, 0.29) is 24.3 Å². The summed E-state index contributed by atoms with van der Waals surface area (Å²) in [5.41, 5.74) is 1.86. The second-order valence-corrected chi connectivity index (χ2v) is 7.22. The van der Waals surface area contributed by atoms with Crippen LogP contribution in [0.25, 0.3) is 0 Å². The third-order valence-electron chi connectivity index (χ3n) is 4.37. The molecule has 1 saturated heterocycles. The monoisotopic (exact) mass is 389 g/mol. The summed E-state index contributed by atoms with van der Waals surface area (Å²) in [5, 5.41) is 5.16. The van der Waals surface area contributed by atoms with E-state index in [9.17, 15) is 9.59 Å². The summed E-state index contributed by atoms with van der Waals surface area (Å²) in [6, 6.07) is 5.72. The Hall–Kier alpha value is -2.61. The van der Waals surface area contributed by atoms with Crippen LogP contribution in [-0.4, -0.2) is 48.5 Å². The number of aromatic nitrogens is 1. The molecule has 1 fully saturated rings. The van der Waals surface area contributed by atoms with E-state index in [4.69, 9.17) is 9.47 Å². The molecular formula is C19H23N3O4S. The molecule has 1 aromatic carbocycles. The second kappa shape index (κ2) is 8.39. The molecule has 1 aliphatic heterocycles. The van der Waals surface area contributed by atoms with Gasteiger partial charge in [0.25, 0.3) is 0 Å². The van der Waals surface area contributed by atoms with Crippen molar-refractivity contribution in [1.29, 1.82) is 0 Å². The average Bonchev–Trinajstić information content (AvgIpc) is 3.21. The van der Waals surface area contributed by atoms with Crippen LogP contribution in [0.5, 0.6) is 11.5 Å². The minimum Gasteiger partial charge on any atom is -0.493 e. The van der Waals surface area contributed by atoms with Gasteiger partial charge in [0.05, 0.1) is 26.0 Å². The second-order valence-electron chi connectivity index (χ2n) is 6.36. The maximum Gasteiger partial charge on any atom is 0.245 e. The van der Waals surface area contributed by atoms with Crippen molar-refractivity contribution in [2.75, 3.05) is 32.1 Å². The maximum absolute atomic E-state index is 12.4. The smallest absolute Gasteiger partial charge is 0.245 e. The molecule has 0 bridgehead atoms. The Bertz CT molecular complexity index is 836. The molecule has 144 valence electrons. The number of anilines is 1. The molecule has 2 aromatic rings. The lowest BCUT2D eigenvalue weighted by Gasteiger charge is -2.17. The fourth-order valence-electron chi connectivity index (χ4n) is 3.11. The first-order valence-corrected chi connectivity index (χ1v) is 9.68. The van der Waals surface area contributed by atoms with Crippen molar-refractivity contribution in [2.45, 2.75) is 26.2 Å². The highest BCUT2D eigenvalue weighted by molar-refractivity contribution is 7.13. The summed E-state index contributed by atoms with van der Waals surface area (Å²) in [6.45, 7) is 4.84. The van der Waals surface area contributed by atoms with E-state index in [1.165, 1.54) is 11.3 Å². The van der Waals surface area contributed by atoms with Gasteiger partial charge in [-0.3, -0.25) is 9.59 Å². The standard InChI is InChI=1S/C19H23N3O4S/c1-4-26-16-7-13(5-6-15(16)25-3)14-8-18(24)22(9-14)10-17(23)21-19-20-12(2)11-27-19/h5-7,11,14H,4,8-10H2,1-3H3,(H,20,21,23). The van der Waals surface area contributed by atoms with Crippen LogP contribution in [0.2, 0.25) is 0 Å². The highest BCUT2D eigenvalue weighted by Gasteiger charge is 2.32. The van der Waals surface area contributed by atoms with Gasteiger partial charge in [0, 0.05) is 24.3 Å². The lowest BCUT2D eigenvalue weighted by Crippen LogP contribution is -2.34. The molecule has 0 spiro atoms. The summed E-state index contributed by atoms with van der Waals surface area (Å²) < 4.78 is 10.9. The minimum absolute atomic E-state index is 0.0255. The molecular weight excluding hydrogens is 366 g/mol. The molecule has 1 atom stereocenters. The van der Waals surface area contributed by atoms with Crippen molar-refractivity contribution in [2.24, 2.45) is 0 Å². The number of benzene rings is 1. The lowest BCUT2D eigenvalue weighted by atomic mass is 9.98. The third kappa shape index (κ3) is 4.57. The van der Waals surface area contributed by atoms with E-state index in [1.807, 2.05) is 37.4 Å². The largest absolute Gasteiger partial charge is 0.493 e. The summed E-state index contributed by atoms with van der Waals surface area (Å²) in [7, 11) is 1.60. The van der Waals surface area contributed by atoms with Crippen molar-refractivity contribution in [3.63, 3.8) is 0 Å². The van der Waals surface area contributed by atoms with Crippen LogP contribution < -0.4 is 14.8 Å². The van der Waals surface area contributed by atoms with Crippen molar-refractivity contribution in [3.05, 3.63) is 34.8 Å². The van der Waals surface area contributed by atoms with Gasteiger partial charge in [-0.15, -0.1) is 11.3 Å². The fourth-order valence-corrected chi connectivity index (χ4v) is 3.81. The number of carbonyl (C=O) groups excluding carboxylic acids is 2. The molecule has 7 nitrogen and oxygen atoms in total. The molecule has 27 heavy (non-hydrogen) atoms. The quantitative estimate of drug-likeness (QED) is 0.788. The van der Waals surface area contributed by atoms with E-state index < -0.39 is 0 Å². The number of rotatable bonds is 7. The molecule has 1 N–H and O–H groups in total. The van der Waals surface area contributed by atoms with Gasteiger partial charge in [0.15, 0.2) is 16.6 Å². The lowest BCUT2D eigenvalue weighted by molar-refractivity contribution is -0.131. The van der Waals surface area contributed by atoms with E-state index in [0.717, 1.165) is 11.3 Å². The number of likely N-dealkylation sites (tertiary alicyclic amines) is 1. The van der Waals surface area contributed by atoms with Crippen molar-refractivity contribution >= 4 is 28.3 Å². The normalized spacial score (nSPS) is 16.5. The Morgan fingerprint density at radius 1 is 1.41 bits per heavy atom. The van der Waals surface area contributed by atoms with Gasteiger partial charge in [-0.1, -0.05) is 6.07 Å². The predicted octanol–water partition coefficient (Wildman–Crippen LogP) is 2.81. The molecule has 0 radical (unpaired) electrons. The number of methoxy groups -OCH3 is 1. The number of ether oxygens (including phenoxy) is 2. The van der Waals surface area contributed by atoms with Gasteiger partial charge in [-0.05, 0) is 31.5 Å². The van der Waals surface area contributed by atoms with Crippen molar-refractivity contribution in [3.8, 4) is 11.5 Å². The molecule has 1 aliphatic rings. The third-order valence-corrected chi connectivity index (χ3v) is 5.25. The molecule has 3 rings (SSSR count). The van der Waals surface area contributed by atoms with E-state index in [2.05, 4.69) is 10.3 Å². The van der Waals surface area contributed by atoms with Crippen LogP contribution in [0.4, 0.5) is 5.13 Å². The molecule has 2 heterocycles. The van der Waals surface area contributed by atoms with Crippen LogP contribution in [-0.2, 0) is 9.59 Å². The first-order chi connectivity index (χ1) is 13.0. The zero-order chi connectivity index (χ0) is 19.4. The molecule has 1 unspecified atom stereocenters. The number of aryl methyl sites for hydroxylation is 1. The van der Waals surface area contributed by atoms with Gasteiger partial charge >= 0.3 is 0 Å². The Morgan fingerprint density at radius 3 is 2.89 bits per heavy atom. The fraction of sp³-hybridized carbons (Fsp3) is 0.421. The van der Waals surface area contributed by atoms with Gasteiger partial charge < -0.3 is 19.7 Å². The van der Waals surface area contributed by atoms with E-state index >= 15 is 0 Å². The first kappa shape index (κ1) is 19.2. The Morgan fingerprint density at radius 2 is 2.22 bits per heavy atom. The summed E-state index contributed by atoms with van der Waals surface area (Å²) in [6.07, 6.45) is 0.377. The van der Waals surface area contributed by atoms with Crippen LogP contribution >= 0.6 is 11.3 Å². The number of nitrogens with zero attached hydrogens (tertiary/aromatic N) is 2. The predicted molar refractivity (Wildman–Crippen MR) is 104 cm³/mol. The van der Waals surface area contributed by atoms with Crippen molar-refractivity contribution in [1.82, 2.24) is 9.88 Å². The van der Waals surface area contributed by atoms with Crippen LogP contribution in [0.3, 0.4) is 0 Å². The molecule has 8 heteroatoms. The van der Waals surface area contributed by atoms with Crippen LogP contribution in [0, 0.1) is 6.92 Å². The Balaban J connectivity index is 1.64. The molecule has 0 aliphatic carbocycles. The number of hydrogen-bond donors (Lipinski definition) is 1. The summed E-state index contributed by atoms with van der Waals surface area (Å²) in [4.78, 5) is 30.4. The highest BCUT2D eigenvalue weighted by Crippen LogP contribution is 2.35. The number of hydrogen-bond acceptors (Lipinski definition) is 6. The number of thiazole rings is 1. The van der Waals surface area contributed by atoms with E-state index in [1.54, 1.807) is 12.0 Å². The number of amides is 2. The molecule has 0 saturated carbocycles. The minimum atomic E-state index is -0.233. The Kier molecular flexibility index (Phi) is 5.95. The Labute approximate surface area is 162 Å². The van der Waals surface area contributed by atoms with Crippen LogP contribution in [0.15, 0.2) is 23.6 Å².